The van der Waals surface area contributed by atoms with E-state index in [2.05, 4.69) is 19.9 Å². The lowest BCUT2D eigenvalue weighted by atomic mass is 10.1. The Morgan fingerprint density at radius 1 is 0.456 bits per heavy atom. The predicted molar refractivity (Wildman–Crippen MR) is 254 cm³/mol. The fraction of sp³-hybridized carbons (Fsp3) is 0.360. The topological polar surface area (TPSA) is 140 Å². The second kappa shape index (κ2) is 23.2. The maximum Gasteiger partial charge on any atom is 0.272 e. The number of hydrogen-bond donors (Lipinski definition) is 0. The summed E-state index contributed by atoms with van der Waals surface area (Å²) in [6.45, 7) is 15.8. The normalized spacial score (nSPS) is 11.2. The molecule has 8 aromatic rings. The number of para-hydroxylation sites is 4. The minimum atomic E-state index is -2.55. The van der Waals surface area contributed by atoms with E-state index in [-0.39, 0.29) is 39.3 Å². The molecule has 0 fully saturated rings. The van der Waals surface area contributed by atoms with Gasteiger partial charge in [-0.25, -0.2) is 46.3 Å². The van der Waals surface area contributed by atoms with E-state index in [1.54, 1.807) is 78.4 Å². The molecule has 4 heterocycles. The smallest absolute Gasteiger partial charge is 0.272 e. The van der Waals surface area contributed by atoms with E-state index in [9.17, 15) is 45.5 Å². The molecule has 8 rings (SSSR count). The van der Waals surface area contributed by atoms with Crippen LogP contribution in [0.1, 0.15) is 78.2 Å². The number of aryl methyl sites for hydroxylation is 6. The second-order valence-electron chi connectivity index (χ2n) is 15.8. The number of rotatable bonds is 10. The number of halogens is 6. The highest BCUT2D eigenvalue weighted by molar-refractivity contribution is 5.77. The maximum atomic E-state index is 13.8. The third-order valence-corrected chi connectivity index (χ3v) is 10.8. The van der Waals surface area contributed by atoms with Crippen LogP contribution < -0.4 is 22.2 Å². The van der Waals surface area contributed by atoms with Crippen molar-refractivity contribution in [3.05, 3.63) is 160 Å². The molecule has 68 heavy (non-hydrogen) atoms. The van der Waals surface area contributed by atoms with Gasteiger partial charge in [-0.2, -0.15) is 0 Å². The molecule has 0 spiro atoms. The van der Waals surface area contributed by atoms with Crippen LogP contribution >= 0.6 is 0 Å². The lowest BCUT2D eigenvalue weighted by molar-refractivity contribution is 0.126. The first-order valence-electron chi connectivity index (χ1n) is 22.4. The summed E-state index contributed by atoms with van der Waals surface area (Å²) in [5, 5.41) is 0. The van der Waals surface area contributed by atoms with Gasteiger partial charge in [-0.1, -0.05) is 58.9 Å². The van der Waals surface area contributed by atoms with Gasteiger partial charge in [0.05, 0.1) is 39.6 Å². The van der Waals surface area contributed by atoms with Crippen molar-refractivity contribution in [2.75, 3.05) is 0 Å². The van der Waals surface area contributed by atoms with Crippen molar-refractivity contribution in [2.45, 2.75) is 114 Å². The van der Waals surface area contributed by atoms with Gasteiger partial charge in [-0.15, -0.1) is 0 Å². The molecule has 0 atom stereocenters. The van der Waals surface area contributed by atoms with Gasteiger partial charge in [0.2, 0.25) is 0 Å². The minimum absolute atomic E-state index is 0.107. The number of benzene rings is 4. The molecule has 0 saturated heterocycles. The van der Waals surface area contributed by atoms with Crippen LogP contribution in [0, 0.1) is 29.2 Å². The van der Waals surface area contributed by atoms with E-state index in [1.807, 2.05) is 34.6 Å². The van der Waals surface area contributed by atoms with Crippen LogP contribution in [0.25, 0.3) is 44.1 Å². The fourth-order valence-corrected chi connectivity index (χ4v) is 7.57. The van der Waals surface area contributed by atoms with Gasteiger partial charge in [0.25, 0.3) is 28.7 Å². The monoisotopic (exact) mass is 944 g/mol. The molecule has 0 N–H and O–H groups in total. The van der Waals surface area contributed by atoms with Crippen LogP contribution in [0.2, 0.25) is 0 Å². The zero-order chi connectivity index (χ0) is 50.0. The molecule has 4 aromatic heterocycles. The molecular formula is C50H54F6N8O4. The highest BCUT2D eigenvalue weighted by Crippen LogP contribution is 2.18. The Balaban J connectivity index is 0.000000170. The quantitative estimate of drug-likeness (QED) is 0.124. The van der Waals surface area contributed by atoms with E-state index in [4.69, 9.17) is 0 Å². The standard InChI is InChI=1S/C14H17FN2O.2C12H12F2N2O.C12H13FN2O/c1-4-17-12-7-5-6-10(15)13(12)16-11(14(17)18)8-9(2)3;1-3-9-12(17)16(4-2)11-6-8(14)7(13)5-10(11)15-9;1-2-8-12(17)16(7-11(13)14)10-6-4-3-5-9(10)15-8;1-3-9-12(16)15(4-2)10-7-5-6-8(13)11(10)14-9/h5-7,9H,4,8H2,1-3H3;5-6H,3-4H2,1-2H3;3-6,11H,2,7H2,1H3;5-7H,3-4H2,1-2H3. The molecule has 0 saturated carbocycles. The molecule has 0 radical (unpaired) electrons. The first-order chi connectivity index (χ1) is 32.4. The van der Waals surface area contributed by atoms with Crippen molar-refractivity contribution in [3.8, 4) is 0 Å². The van der Waals surface area contributed by atoms with Gasteiger partial charge >= 0.3 is 0 Å². The Bertz CT molecular complexity index is 3330. The van der Waals surface area contributed by atoms with Gasteiger partial charge in [-0.3, -0.25) is 23.7 Å². The van der Waals surface area contributed by atoms with Crippen molar-refractivity contribution in [1.82, 2.24) is 38.2 Å². The molecule has 12 nitrogen and oxygen atoms in total. The van der Waals surface area contributed by atoms with Gasteiger partial charge < -0.3 is 13.7 Å². The number of nitrogens with zero attached hydrogens (tertiary/aromatic N) is 8. The SMILES string of the molecule is CCc1nc2c(F)cccc2n(CC)c1=O.CCc1nc2cc(F)c(F)cc2n(CC)c1=O.CCc1nc2ccccc2n(CC(F)F)c1=O.CCn1c(=O)c(CC(C)C)nc2c(F)cccc21. The van der Waals surface area contributed by atoms with Crippen molar-refractivity contribution >= 4 is 44.1 Å². The third-order valence-electron chi connectivity index (χ3n) is 10.8. The molecule has 0 aliphatic heterocycles. The second-order valence-corrected chi connectivity index (χ2v) is 15.8. The molecule has 0 aliphatic rings. The number of aromatic nitrogens is 8. The van der Waals surface area contributed by atoms with E-state index in [1.165, 1.54) is 16.7 Å². The van der Waals surface area contributed by atoms with E-state index >= 15 is 0 Å². The Kier molecular flexibility index (Phi) is 17.7. The Morgan fingerprint density at radius 2 is 0.868 bits per heavy atom. The molecule has 0 aliphatic carbocycles. The van der Waals surface area contributed by atoms with Crippen LogP contribution in [-0.4, -0.2) is 44.6 Å². The van der Waals surface area contributed by atoms with Crippen molar-refractivity contribution in [2.24, 2.45) is 5.92 Å². The zero-order valence-corrected chi connectivity index (χ0v) is 39.2. The van der Waals surface area contributed by atoms with Crippen LogP contribution in [0.5, 0.6) is 0 Å². The molecule has 0 unspecified atom stereocenters. The molecule has 0 bridgehead atoms. The summed E-state index contributed by atoms with van der Waals surface area (Å²) in [6.07, 6.45) is -0.560. The maximum absolute atomic E-state index is 13.8. The van der Waals surface area contributed by atoms with Crippen LogP contribution in [0.3, 0.4) is 0 Å². The van der Waals surface area contributed by atoms with Crippen molar-refractivity contribution < 1.29 is 26.3 Å². The van der Waals surface area contributed by atoms with E-state index in [0.717, 1.165) is 16.7 Å². The van der Waals surface area contributed by atoms with Crippen LogP contribution in [0.15, 0.2) is 92.0 Å². The summed E-state index contributed by atoms with van der Waals surface area (Å²) in [5.74, 6) is -2.35. The third kappa shape index (κ3) is 11.4. The summed E-state index contributed by atoms with van der Waals surface area (Å²) >= 11 is 0. The average molecular weight is 945 g/mol. The molecule has 18 heteroatoms. The molecule has 360 valence electrons. The number of fused-ring (bicyclic) bond motifs is 4. The summed E-state index contributed by atoms with van der Waals surface area (Å²) in [5.41, 5.74) is 4.01. The Hall–Kier alpha value is -6.98. The first kappa shape index (κ1) is 52.0. The van der Waals surface area contributed by atoms with E-state index in [0.29, 0.717) is 107 Å². The van der Waals surface area contributed by atoms with Crippen LogP contribution in [0.4, 0.5) is 26.3 Å². The molecular weight excluding hydrogens is 891 g/mol. The van der Waals surface area contributed by atoms with Gasteiger partial charge in [-0.05, 0) is 88.8 Å². The summed E-state index contributed by atoms with van der Waals surface area (Å²) in [7, 11) is 0. The zero-order valence-electron chi connectivity index (χ0n) is 39.2. The molecule has 0 amide bonds. The fourth-order valence-electron chi connectivity index (χ4n) is 7.57. The summed E-state index contributed by atoms with van der Waals surface area (Å²) < 4.78 is 84.2. The molecule has 4 aromatic carbocycles. The van der Waals surface area contributed by atoms with Crippen LogP contribution in [-0.2, 0) is 51.9 Å². The average Bonchev–Trinajstić information content (AvgIpc) is 3.31. The predicted octanol–water partition coefficient (Wildman–Crippen LogP) is 9.35. The highest BCUT2D eigenvalue weighted by Gasteiger charge is 2.16. The van der Waals surface area contributed by atoms with Gasteiger partial charge in [0.1, 0.15) is 33.8 Å². The van der Waals surface area contributed by atoms with E-state index < -0.39 is 30.2 Å². The van der Waals surface area contributed by atoms with Crippen molar-refractivity contribution in [3.63, 3.8) is 0 Å². The Morgan fingerprint density at radius 3 is 1.35 bits per heavy atom. The largest absolute Gasteiger partial charge is 0.305 e. The lowest BCUT2D eigenvalue weighted by Gasteiger charge is -2.11. The number of alkyl halides is 2. The van der Waals surface area contributed by atoms with Crippen molar-refractivity contribution in [1.29, 1.82) is 0 Å². The first-order valence-corrected chi connectivity index (χ1v) is 22.4. The van der Waals surface area contributed by atoms with Gasteiger partial charge in [0.15, 0.2) is 23.3 Å². The lowest BCUT2D eigenvalue weighted by Crippen LogP contribution is -2.27. The minimum Gasteiger partial charge on any atom is -0.305 e. The Labute approximate surface area is 387 Å². The highest BCUT2D eigenvalue weighted by atomic mass is 19.3. The van der Waals surface area contributed by atoms with Gasteiger partial charge in [0, 0.05) is 31.8 Å². The number of hydrogen-bond acceptors (Lipinski definition) is 8. The summed E-state index contributed by atoms with van der Waals surface area (Å²) in [6, 6.07) is 18.2. The summed E-state index contributed by atoms with van der Waals surface area (Å²) in [4.78, 5) is 64.6.